The van der Waals surface area contributed by atoms with E-state index in [1.165, 1.54) is 44.1 Å². The minimum Gasteiger partial charge on any atom is -0.384 e. The summed E-state index contributed by atoms with van der Waals surface area (Å²) in [4.78, 5) is 27.2. The number of nitrogens with zero attached hydrogens (tertiary/aromatic N) is 3. The van der Waals surface area contributed by atoms with Crippen LogP contribution >= 0.6 is 0 Å². The van der Waals surface area contributed by atoms with Gasteiger partial charge in [0.1, 0.15) is 0 Å². The van der Waals surface area contributed by atoms with Crippen LogP contribution in [0.1, 0.15) is 109 Å². The van der Waals surface area contributed by atoms with E-state index in [0.717, 1.165) is 111 Å². The van der Waals surface area contributed by atoms with Crippen LogP contribution in [0.25, 0.3) is 27.4 Å². The van der Waals surface area contributed by atoms with Gasteiger partial charge in [0.2, 0.25) is 5.91 Å². The first kappa shape index (κ1) is 33.9. The molecule has 3 N–H and O–H groups in total. The average molecular weight is 676 g/mol. The van der Waals surface area contributed by atoms with E-state index >= 15 is 0 Å². The summed E-state index contributed by atoms with van der Waals surface area (Å²) in [6.45, 7) is 6.53. The number of aliphatic hydroxyl groups is 1. The van der Waals surface area contributed by atoms with Crippen molar-refractivity contribution in [1.82, 2.24) is 19.8 Å². The van der Waals surface area contributed by atoms with E-state index in [0.29, 0.717) is 18.4 Å². The lowest BCUT2D eigenvalue weighted by atomic mass is 9.54. The molecule has 1 aliphatic carbocycles. The maximum atomic E-state index is 13.2. The molecule has 1 aromatic carbocycles. The Hall–Kier alpha value is -3.26. The number of fused-ring (bicyclic) bond motifs is 5. The van der Waals surface area contributed by atoms with Crippen molar-refractivity contribution >= 4 is 39.0 Å². The predicted octanol–water partition coefficient (Wildman–Crippen LogP) is 8.76. The third-order valence-corrected chi connectivity index (χ3v) is 12.8. The van der Waals surface area contributed by atoms with Gasteiger partial charge in [0.15, 0.2) is 0 Å². The summed E-state index contributed by atoms with van der Waals surface area (Å²) in [6.07, 6.45) is 29.7. The number of hydrogen-bond donors (Lipinski definition) is 3. The smallest absolute Gasteiger partial charge is 0.224 e. The van der Waals surface area contributed by atoms with Crippen molar-refractivity contribution in [2.45, 2.75) is 121 Å². The van der Waals surface area contributed by atoms with E-state index in [4.69, 9.17) is 4.98 Å². The van der Waals surface area contributed by atoms with E-state index in [1.807, 2.05) is 12.3 Å². The topological polar surface area (TPSA) is 84.5 Å². The van der Waals surface area contributed by atoms with Gasteiger partial charge in [-0.15, -0.1) is 0 Å². The molecule has 4 aliphatic heterocycles. The molecular weight excluding hydrogens is 619 g/mol. The lowest BCUT2D eigenvalue weighted by Crippen LogP contribution is -2.65. The largest absolute Gasteiger partial charge is 0.384 e. The van der Waals surface area contributed by atoms with Crippen LogP contribution in [0.15, 0.2) is 60.8 Å². The highest BCUT2D eigenvalue weighted by molar-refractivity contribution is 6.11. The van der Waals surface area contributed by atoms with Crippen molar-refractivity contribution in [2.75, 3.05) is 31.5 Å². The van der Waals surface area contributed by atoms with Gasteiger partial charge in [-0.05, 0) is 132 Å². The van der Waals surface area contributed by atoms with Crippen molar-refractivity contribution in [3.63, 3.8) is 0 Å². The molecule has 0 saturated carbocycles. The normalized spacial score (nSPS) is 32.9. The molecule has 3 bridgehead atoms. The number of piperidine rings is 1. The van der Waals surface area contributed by atoms with Gasteiger partial charge in [0.05, 0.1) is 22.9 Å². The number of aromatic nitrogens is 2. The maximum absolute atomic E-state index is 13.2. The van der Waals surface area contributed by atoms with Crippen LogP contribution in [0.3, 0.4) is 0 Å². The Kier molecular flexibility index (Phi) is 9.75. The summed E-state index contributed by atoms with van der Waals surface area (Å²) in [5.74, 6) is 0.401. The highest BCUT2D eigenvalue weighted by Crippen LogP contribution is 2.61. The summed E-state index contributed by atoms with van der Waals surface area (Å²) in [7, 11) is 0. The van der Waals surface area contributed by atoms with E-state index in [9.17, 15) is 9.90 Å². The van der Waals surface area contributed by atoms with Crippen LogP contribution in [0.2, 0.25) is 0 Å². The summed E-state index contributed by atoms with van der Waals surface area (Å²) in [5.41, 5.74) is 4.13. The van der Waals surface area contributed by atoms with E-state index in [1.54, 1.807) is 0 Å². The lowest BCUT2D eigenvalue weighted by Gasteiger charge is -2.58. The molecule has 6 heterocycles. The highest BCUT2D eigenvalue weighted by Gasteiger charge is 2.65. The van der Waals surface area contributed by atoms with Gasteiger partial charge < -0.3 is 20.3 Å². The number of aromatic amines is 1. The molecule has 6 atom stereocenters. The zero-order valence-electron chi connectivity index (χ0n) is 30.1. The zero-order valence-corrected chi connectivity index (χ0v) is 30.1. The number of hydrogen-bond acceptors (Lipinski definition) is 5. The summed E-state index contributed by atoms with van der Waals surface area (Å²) < 4.78 is 0. The van der Waals surface area contributed by atoms with E-state index in [-0.39, 0.29) is 17.4 Å². The third-order valence-electron chi connectivity index (χ3n) is 12.8. The van der Waals surface area contributed by atoms with E-state index in [2.05, 4.69) is 75.6 Å². The van der Waals surface area contributed by atoms with Crippen molar-refractivity contribution in [3.8, 4) is 0 Å². The standard InChI is InChI=1S/C43H57N5O2/c1-2-3-4-12-17-38(49)45-31-18-19-37-34(27-31)33-20-23-44-39(40(33)46-37)35-29-43(50)22-13-8-5-6-9-14-24-47-26-21-36(35)42(30-47)28-32-16-11-7-10-15-25-48(32)41(42)43/h5,8,11,16,18-20,23,27,29,32,36,41,46,50H,2-4,6-7,9-10,12-15,17,21-22,24-26,28,30H2,1H3,(H,45,49)/b8-5-,16-11-/t32-,36-,41+,42-,43-/m0/s1. The first-order valence-electron chi connectivity index (χ1n) is 19.9. The molecule has 266 valence electrons. The fourth-order valence-corrected chi connectivity index (χ4v) is 10.6. The number of carbonyl (C=O) groups excluding carboxylic acids is 1. The second kappa shape index (κ2) is 14.4. The molecule has 3 aromatic rings. The van der Waals surface area contributed by atoms with Crippen LogP contribution in [-0.4, -0.2) is 74.6 Å². The molecule has 5 aliphatic rings. The van der Waals surface area contributed by atoms with Gasteiger partial charge in [-0.1, -0.05) is 50.5 Å². The van der Waals surface area contributed by atoms with E-state index < -0.39 is 5.60 Å². The van der Waals surface area contributed by atoms with Crippen molar-refractivity contribution in [2.24, 2.45) is 11.3 Å². The first-order chi connectivity index (χ1) is 24.5. The highest BCUT2D eigenvalue weighted by atomic mass is 16.3. The summed E-state index contributed by atoms with van der Waals surface area (Å²) in [5, 5.41) is 18.6. The molecule has 7 nitrogen and oxygen atoms in total. The number of H-pyrrole nitrogens is 1. The number of rotatable bonds is 7. The van der Waals surface area contributed by atoms with Gasteiger partial charge in [-0.2, -0.15) is 0 Å². The van der Waals surface area contributed by atoms with Gasteiger partial charge in [-0.3, -0.25) is 14.7 Å². The lowest BCUT2D eigenvalue weighted by molar-refractivity contribution is -0.116. The third kappa shape index (κ3) is 6.28. The fraction of sp³-hybridized carbons (Fsp3) is 0.581. The average Bonchev–Trinajstić information content (AvgIpc) is 3.62. The Bertz CT molecular complexity index is 1790. The number of carbonyl (C=O) groups is 1. The van der Waals surface area contributed by atoms with Gasteiger partial charge >= 0.3 is 0 Å². The molecular formula is C43H57N5O2. The van der Waals surface area contributed by atoms with Crippen LogP contribution < -0.4 is 5.32 Å². The Balaban J connectivity index is 1.22. The van der Waals surface area contributed by atoms with Gasteiger partial charge in [-0.25, -0.2) is 0 Å². The molecule has 7 heteroatoms. The number of benzene rings is 1. The first-order valence-corrected chi connectivity index (χ1v) is 19.9. The zero-order chi connectivity index (χ0) is 34.1. The Morgan fingerprint density at radius 2 is 1.86 bits per heavy atom. The predicted molar refractivity (Wildman–Crippen MR) is 205 cm³/mol. The summed E-state index contributed by atoms with van der Waals surface area (Å²) in [6, 6.07) is 8.78. The van der Waals surface area contributed by atoms with Crippen molar-refractivity contribution in [1.29, 1.82) is 0 Å². The number of unbranched alkanes of at least 4 members (excludes halogenated alkanes) is 3. The van der Waals surface area contributed by atoms with Crippen LogP contribution in [-0.2, 0) is 4.79 Å². The minimum absolute atomic E-state index is 0.0569. The maximum Gasteiger partial charge on any atom is 0.224 e. The Morgan fingerprint density at radius 3 is 2.76 bits per heavy atom. The number of pyridine rings is 1. The van der Waals surface area contributed by atoms with Crippen LogP contribution in [0, 0.1) is 11.3 Å². The summed E-state index contributed by atoms with van der Waals surface area (Å²) >= 11 is 0. The Labute approximate surface area is 298 Å². The number of allylic oxidation sites excluding steroid dienone is 4. The molecule has 1 unspecified atom stereocenters. The molecule has 8 rings (SSSR count). The Morgan fingerprint density at radius 1 is 1.00 bits per heavy atom. The SMILES string of the molecule is CCCCCCC(=O)Nc1ccc2[nH]c3c(C4=C[C@@]5(O)CC/C=C\CCCCN6CC[C@@H]4[C@]4(C[C@@H]7/C=C\CCCCN7[C@H]45)C6)nccc3c2c1. The minimum atomic E-state index is -0.959. The van der Waals surface area contributed by atoms with Gasteiger partial charge in [0, 0.05) is 52.6 Å². The van der Waals surface area contributed by atoms with Crippen LogP contribution in [0.4, 0.5) is 5.69 Å². The fourth-order valence-electron chi connectivity index (χ4n) is 10.6. The van der Waals surface area contributed by atoms with Crippen LogP contribution in [0.5, 0.6) is 0 Å². The molecule has 50 heavy (non-hydrogen) atoms. The number of anilines is 1. The van der Waals surface area contributed by atoms with Crippen molar-refractivity contribution in [3.05, 3.63) is 66.5 Å². The molecule has 2 fully saturated rings. The molecule has 1 spiro atoms. The number of amides is 1. The molecule has 1 amide bonds. The van der Waals surface area contributed by atoms with Gasteiger partial charge in [0.25, 0.3) is 0 Å². The quantitative estimate of drug-likeness (QED) is 0.172. The molecule has 2 saturated heterocycles. The monoisotopic (exact) mass is 675 g/mol. The molecule has 0 radical (unpaired) electrons. The van der Waals surface area contributed by atoms with Crippen molar-refractivity contribution < 1.29 is 9.90 Å². The molecule has 2 aromatic heterocycles. The second-order valence-corrected chi connectivity index (χ2v) is 16.1. The number of nitrogens with one attached hydrogen (secondary N) is 2. The second-order valence-electron chi connectivity index (χ2n) is 16.1.